The van der Waals surface area contributed by atoms with Crippen molar-refractivity contribution in [1.82, 2.24) is 0 Å². The Kier molecular flexibility index (Phi) is 8.50. The molecule has 2 aliphatic rings. The van der Waals surface area contributed by atoms with Gasteiger partial charge in [-0.3, -0.25) is 0 Å². The molecular weight excluding hydrogens is 677 g/mol. The lowest BCUT2D eigenvalue weighted by Gasteiger charge is -2.29. The second-order valence-electron chi connectivity index (χ2n) is 14.5. The van der Waals surface area contributed by atoms with Crippen LogP contribution in [-0.4, -0.2) is 7.05 Å². The zero-order valence-electron chi connectivity index (χ0n) is 31.3. The first-order chi connectivity index (χ1) is 27.7. The topological polar surface area (TPSA) is 6.48 Å². The SMILES string of the molecule is CN(c1ccccc1)c1c2ccccc2c(-c2ccc(C3=c4ccccc4=C(N(c4ccccc4)c4ccccc4)C4=CC=CC=C3C4)cc2)c2ccccc12. The van der Waals surface area contributed by atoms with Crippen LogP contribution < -0.4 is 20.2 Å². The first-order valence-corrected chi connectivity index (χ1v) is 19.4. The molecule has 56 heavy (non-hydrogen) atoms. The summed E-state index contributed by atoms with van der Waals surface area (Å²) in [5.74, 6) is 0. The molecule has 0 spiro atoms. The molecule has 0 atom stereocenters. The summed E-state index contributed by atoms with van der Waals surface area (Å²) in [6.07, 6.45) is 9.82. The molecule has 8 aromatic rings. The standard InChI is InChI=1S/C54H40N2/c1-55(42-21-5-2-6-22-42)54-49-31-17-14-28-46(49)52(47-29-15-18-32-50(47)54)39-35-33-38(34-36-39)51-40-19-11-12-20-41(37-40)53(48-30-16-13-27-45(48)51)56(43-23-7-3-8-24-43)44-25-9-4-10-26-44/h2-36H,37H2,1H3. The minimum Gasteiger partial charge on any atom is -0.344 e. The number of hydrogen-bond donors (Lipinski definition) is 0. The van der Waals surface area contributed by atoms with E-state index in [0.29, 0.717) is 0 Å². The number of benzene rings is 8. The molecule has 0 heterocycles. The first kappa shape index (κ1) is 33.4. The Labute approximate surface area is 328 Å². The summed E-state index contributed by atoms with van der Waals surface area (Å²) >= 11 is 0. The van der Waals surface area contributed by atoms with E-state index in [2.05, 4.69) is 229 Å². The van der Waals surface area contributed by atoms with Crippen LogP contribution in [-0.2, 0) is 0 Å². The number of fused-ring (bicyclic) bond motifs is 5. The normalized spacial score (nSPS) is 13.4. The third-order valence-electron chi connectivity index (χ3n) is 11.3. The maximum Gasteiger partial charge on any atom is 0.0575 e. The van der Waals surface area contributed by atoms with Crippen LogP contribution in [0.1, 0.15) is 12.0 Å². The second-order valence-corrected chi connectivity index (χ2v) is 14.5. The van der Waals surface area contributed by atoms with E-state index in [9.17, 15) is 0 Å². The van der Waals surface area contributed by atoms with Crippen molar-refractivity contribution >= 4 is 55.6 Å². The highest BCUT2D eigenvalue weighted by molar-refractivity contribution is 6.21. The van der Waals surface area contributed by atoms with Gasteiger partial charge in [-0.15, -0.1) is 0 Å². The lowest BCUT2D eigenvalue weighted by molar-refractivity contribution is 1.18. The smallest absolute Gasteiger partial charge is 0.0575 e. The quantitative estimate of drug-likeness (QED) is 0.152. The van der Waals surface area contributed by atoms with Crippen LogP contribution in [0.5, 0.6) is 0 Å². The van der Waals surface area contributed by atoms with Gasteiger partial charge in [-0.05, 0) is 85.8 Å². The van der Waals surface area contributed by atoms with E-state index in [1.54, 1.807) is 0 Å². The third-order valence-corrected chi connectivity index (χ3v) is 11.3. The summed E-state index contributed by atoms with van der Waals surface area (Å²) in [5.41, 5.74) is 13.4. The molecule has 0 unspecified atom stereocenters. The van der Waals surface area contributed by atoms with Gasteiger partial charge in [-0.25, -0.2) is 0 Å². The fourth-order valence-electron chi connectivity index (χ4n) is 8.78. The van der Waals surface area contributed by atoms with Crippen LogP contribution in [0.15, 0.2) is 224 Å². The number of hydrogen-bond acceptors (Lipinski definition) is 2. The Morgan fingerprint density at radius 2 is 0.839 bits per heavy atom. The van der Waals surface area contributed by atoms with E-state index >= 15 is 0 Å². The second kappa shape index (κ2) is 14.2. The molecule has 0 saturated heterocycles. The largest absolute Gasteiger partial charge is 0.344 e. The van der Waals surface area contributed by atoms with Crippen LogP contribution in [0.2, 0.25) is 0 Å². The molecule has 0 amide bonds. The highest BCUT2D eigenvalue weighted by Crippen LogP contribution is 2.45. The molecule has 0 radical (unpaired) electrons. The molecule has 8 aromatic carbocycles. The van der Waals surface area contributed by atoms with Crippen molar-refractivity contribution < 1.29 is 0 Å². The van der Waals surface area contributed by atoms with Crippen LogP contribution in [0.25, 0.3) is 43.9 Å². The fraction of sp³-hybridized carbons (Fsp3) is 0.0370. The molecule has 2 nitrogen and oxygen atoms in total. The summed E-state index contributed by atoms with van der Waals surface area (Å²) in [6.45, 7) is 0. The van der Waals surface area contributed by atoms with Crippen molar-refractivity contribution in [1.29, 1.82) is 0 Å². The molecule has 0 saturated carbocycles. The number of nitrogens with zero attached hydrogens (tertiary/aromatic N) is 2. The molecular formula is C54H40N2. The van der Waals surface area contributed by atoms with Gasteiger partial charge in [0.05, 0.1) is 11.4 Å². The Balaban J connectivity index is 1.19. The number of anilines is 4. The minimum absolute atomic E-state index is 0.815. The Morgan fingerprint density at radius 1 is 0.393 bits per heavy atom. The zero-order chi connectivity index (χ0) is 37.4. The Hall–Kier alpha value is -7.16. The van der Waals surface area contributed by atoms with Crippen LogP contribution in [0.4, 0.5) is 22.7 Å². The maximum atomic E-state index is 2.43. The average molecular weight is 717 g/mol. The third kappa shape index (κ3) is 5.75. The molecule has 10 rings (SSSR count). The summed E-state index contributed by atoms with van der Waals surface area (Å²) in [6, 6.07) is 68.2. The van der Waals surface area contributed by atoms with E-state index in [4.69, 9.17) is 0 Å². The van der Waals surface area contributed by atoms with Gasteiger partial charge in [0.1, 0.15) is 0 Å². The highest BCUT2D eigenvalue weighted by atomic mass is 15.2. The van der Waals surface area contributed by atoms with Gasteiger partial charge in [0.25, 0.3) is 0 Å². The Bertz CT molecular complexity index is 2880. The molecule has 2 bridgehead atoms. The number of allylic oxidation sites excluding steroid dienone is 5. The van der Waals surface area contributed by atoms with Gasteiger partial charge in [0.2, 0.25) is 0 Å². The molecule has 0 N–H and O–H groups in total. The number of para-hydroxylation sites is 3. The maximum absolute atomic E-state index is 2.43. The zero-order valence-corrected chi connectivity index (χ0v) is 31.3. The van der Waals surface area contributed by atoms with Crippen molar-refractivity contribution in [2.45, 2.75) is 6.42 Å². The Morgan fingerprint density at radius 3 is 1.41 bits per heavy atom. The van der Waals surface area contributed by atoms with E-state index < -0.39 is 0 Å². The lowest BCUT2D eigenvalue weighted by atomic mass is 9.88. The monoisotopic (exact) mass is 716 g/mol. The molecule has 0 aromatic heterocycles. The van der Waals surface area contributed by atoms with Gasteiger partial charge in [-0.2, -0.15) is 0 Å². The van der Waals surface area contributed by atoms with Gasteiger partial charge < -0.3 is 9.80 Å². The van der Waals surface area contributed by atoms with Crippen molar-refractivity contribution in [3.63, 3.8) is 0 Å². The molecule has 0 aliphatic heterocycles. The first-order valence-electron chi connectivity index (χ1n) is 19.4. The molecule has 266 valence electrons. The van der Waals surface area contributed by atoms with Gasteiger partial charge >= 0.3 is 0 Å². The van der Waals surface area contributed by atoms with Crippen molar-refractivity contribution in [2.75, 3.05) is 16.8 Å². The van der Waals surface area contributed by atoms with E-state index in [-0.39, 0.29) is 0 Å². The van der Waals surface area contributed by atoms with E-state index in [0.717, 1.165) is 23.5 Å². The van der Waals surface area contributed by atoms with Gasteiger partial charge in [0, 0.05) is 46.5 Å². The highest BCUT2D eigenvalue weighted by Gasteiger charge is 2.26. The minimum atomic E-state index is 0.815. The summed E-state index contributed by atoms with van der Waals surface area (Å²) in [5, 5.41) is 7.43. The fourth-order valence-corrected chi connectivity index (χ4v) is 8.78. The predicted molar refractivity (Wildman–Crippen MR) is 238 cm³/mol. The summed E-state index contributed by atoms with van der Waals surface area (Å²) in [7, 11) is 2.18. The van der Waals surface area contributed by atoms with E-state index in [1.165, 1.54) is 76.8 Å². The number of rotatable bonds is 7. The molecule has 0 fully saturated rings. The average Bonchev–Trinajstić information content (AvgIpc) is 3.59. The van der Waals surface area contributed by atoms with Crippen LogP contribution in [0, 0.1) is 0 Å². The van der Waals surface area contributed by atoms with Gasteiger partial charge in [-0.1, -0.05) is 176 Å². The van der Waals surface area contributed by atoms with Crippen molar-refractivity contribution in [3.05, 3.63) is 240 Å². The summed E-state index contributed by atoms with van der Waals surface area (Å²) in [4.78, 5) is 4.76. The lowest BCUT2D eigenvalue weighted by Crippen LogP contribution is -2.34. The van der Waals surface area contributed by atoms with Crippen LogP contribution >= 0.6 is 0 Å². The predicted octanol–water partition coefficient (Wildman–Crippen LogP) is 12.4. The molecule has 2 aliphatic carbocycles. The van der Waals surface area contributed by atoms with E-state index in [1.807, 2.05) is 0 Å². The summed E-state index contributed by atoms with van der Waals surface area (Å²) < 4.78 is 0. The van der Waals surface area contributed by atoms with Gasteiger partial charge in [0.15, 0.2) is 0 Å². The van der Waals surface area contributed by atoms with Crippen molar-refractivity contribution in [2.24, 2.45) is 0 Å². The molecule has 2 heteroatoms. The van der Waals surface area contributed by atoms with Crippen molar-refractivity contribution in [3.8, 4) is 11.1 Å². The van der Waals surface area contributed by atoms with Crippen LogP contribution in [0.3, 0.4) is 0 Å².